The van der Waals surface area contributed by atoms with Crippen LogP contribution in [0.25, 0.3) is 22.8 Å². The third-order valence-electron chi connectivity index (χ3n) is 5.61. The lowest BCUT2D eigenvalue weighted by molar-refractivity contribution is 0.197. The normalized spacial score (nSPS) is 17.0. The van der Waals surface area contributed by atoms with Crippen molar-refractivity contribution in [2.45, 2.75) is 42.4 Å². The molecule has 0 spiro atoms. The Balaban J connectivity index is 1.68. The van der Waals surface area contributed by atoms with Gasteiger partial charge in [0, 0.05) is 23.8 Å². The molecular formula is C23H19B5N4O3. The molecule has 0 unspecified atom stereocenters. The number of benzene rings is 2. The first-order chi connectivity index (χ1) is 16.3. The van der Waals surface area contributed by atoms with Crippen LogP contribution < -0.4 is 10.1 Å². The molecule has 1 atom stereocenters. The van der Waals surface area contributed by atoms with Gasteiger partial charge in [-0.05, 0) is 54.9 Å². The monoisotopic (exact) mass is 454 g/mol. The predicted molar refractivity (Wildman–Crippen MR) is 135 cm³/mol. The van der Waals surface area contributed by atoms with Crippen LogP contribution in [0.5, 0.6) is 5.75 Å². The molecule has 1 aliphatic carbocycles. The van der Waals surface area contributed by atoms with E-state index in [0.717, 1.165) is 11.1 Å². The summed E-state index contributed by atoms with van der Waals surface area (Å²) in [5, 5.41) is 23.3. The number of nitrogens with zero attached hydrogens (tertiary/aromatic N) is 3. The van der Waals surface area contributed by atoms with Crippen LogP contribution in [-0.4, -0.2) is 71.9 Å². The van der Waals surface area contributed by atoms with Crippen molar-refractivity contribution in [3.05, 3.63) is 53.1 Å². The quantitative estimate of drug-likeness (QED) is 0.518. The van der Waals surface area contributed by atoms with Crippen LogP contribution in [-0.2, 0) is 6.42 Å². The van der Waals surface area contributed by atoms with Crippen molar-refractivity contribution in [1.29, 1.82) is 5.26 Å². The summed E-state index contributed by atoms with van der Waals surface area (Å²) < 4.78 is 11.1. The van der Waals surface area contributed by atoms with Crippen molar-refractivity contribution >= 4 is 39.2 Å². The third-order valence-corrected chi connectivity index (χ3v) is 5.61. The first-order valence-corrected chi connectivity index (χ1v) is 10.9. The van der Waals surface area contributed by atoms with Crippen molar-refractivity contribution in [1.82, 2.24) is 15.5 Å². The predicted octanol–water partition coefficient (Wildman–Crippen LogP) is 1.18. The van der Waals surface area contributed by atoms with Gasteiger partial charge in [0.15, 0.2) is 0 Å². The van der Waals surface area contributed by atoms with Gasteiger partial charge in [0.05, 0.1) is 42.4 Å². The number of ether oxygens (including phenoxy) is 1. The number of aliphatic hydroxyl groups is 1. The molecule has 0 fully saturated rings. The fraction of sp³-hybridized carbons (Fsp3) is 0.348. The molecule has 10 radical (unpaired) electrons. The number of fused-ring (bicyclic) bond motifs is 1. The van der Waals surface area contributed by atoms with Crippen LogP contribution in [0, 0.1) is 11.3 Å². The number of aliphatic hydroxyl groups excluding tert-OH is 1. The topological polar surface area (TPSA) is 104 Å². The fourth-order valence-electron chi connectivity index (χ4n) is 4.08. The molecule has 1 aliphatic rings. The Bertz CT molecular complexity index is 1300. The van der Waals surface area contributed by atoms with Crippen molar-refractivity contribution < 1.29 is 14.4 Å². The molecule has 0 aliphatic heterocycles. The first kappa shape index (κ1) is 25.2. The molecule has 0 bridgehead atoms. The largest absolute Gasteiger partial charge is 0.497 e. The van der Waals surface area contributed by atoms with E-state index in [2.05, 4.69) is 21.5 Å². The van der Waals surface area contributed by atoms with Crippen molar-refractivity contribution in [2.24, 2.45) is 0 Å². The second kappa shape index (κ2) is 8.96. The maximum absolute atomic E-state index is 9.55. The van der Waals surface area contributed by atoms with E-state index in [1.807, 2.05) is 18.2 Å². The fourth-order valence-corrected chi connectivity index (χ4v) is 4.08. The van der Waals surface area contributed by atoms with Crippen LogP contribution in [0.15, 0.2) is 40.9 Å². The summed E-state index contributed by atoms with van der Waals surface area (Å²) >= 11 is 0. The van der Waals surface area contributed by atoms with E-state index in [0.29, 0.717) is 22.7 Å². The Morgan fingerprint density at radius 3 is 2.66 bits per heavy atom. The zero-order valence-electron chi connectivity index (χ0n) is 19.4. The van der Waals surface area contributed by atoms with Crippen LogP contribution in [0.4, 0.5) is 0 Å². The molecule has 3 aromatic rings. The van der Waals surface area contributed by atoms with Gasteiger partial charge in [0.25, 0.3) is 5.89 Å². The van der Waals surface area contributed by atoms with Gasteiger partial charge in [-0.1, -0.05) is 28.6 Å². The summed E-state index contributed by atoms with van der Waals surface area (Å²) in [5.41, 5.74) is 2.13. The van der Waals surface area contributed by atoms with Gasteiger partial charge in [-0.25, -0.2) is 0 Å². The number of hydrogen-bond donors (Lipinski definition) is 2. The van der Waals surface area contributed by atoms with Crippen molar-refractivity contribution in [3.8, 4) is 34.7 Å². The maximum Gasteiger partial charge on any atom is 0.258 e. The summed E-state index contributed by atoms with van der Waals surface area (Å²) in [6, 6.07) is 11.9. The first-order valence-electron chi connectivity index (χ1n) is 10.9. The standard InChI is InChI=1S/C23H19B5N4O3/c1-21(2,24)34-17-7-6-12(8-13(17)10-29)20-30-19(32-35-20)15-5-3-4-14-16(15)9-22(25,26)18(14)31-23(27,28)11-33/h3-8,18,31,33H,9,11H2,1-2H3/t18-/m1/s1. The van der Waals surface area contributed by atoms with Gasteiger partial charge in [-0.2, -0.15) is 10.2 Å². The van der Waals surface area contributed by atoms with Gasteiger partial charge in [-0.15, -0.1) is 0 Å². The minimum atomic E-state index is -1.57. The lowest BCUT2D eigenvalue weighted by Crippen LogP contribution is -2.53. The average Bonchev–Trinajstić information content (AvgIpc) is 3.35. The molecule has 1 aromatic heterocycles. The van der Waals surface area contributed by atoms with Gasteiger partial charge in [-0.3, -0.25) is 0 Å². The van der Waals surface area contributed by atoms with Gasteiger partial charge >= 0.3 is 0 Å². The lowest BCUT2D eigenvalue weighted by Gasteiger charge is -2.37. The number of nitriles is 1. The molecular weight excluding hydrogens is 434 g/mol. The van der Waals surface area contributed by atoms with Crippen LogP contribution in [0.3, 0.4) is 0 Å². The van der Waals surface area contributed by atoms with Gasteiger partial charge < -0.3 is 19.7 Å². The highest BCUT2D eigenvalue weighted by atomic mass is 16.5. The highest BCUT2D eigenvalue weighted by Crippen LogP contribution is 2.49. The summed E-state index contributed by atoms with van der Waals surface area (Å²) in [4.78, 5) is 4.53. The van der Waals surface area contributed by atoms with E-state index in [9.17, 15) is 10.4 Å². The van der Waals surface area contributed by atoms with Crippen LogP contribution in [0.2, 0.25) is 5.21 Å². The van der Waals surface area contributed by atoms with E-state index >= 15 is 0 Å². The van der Waals surface area contributed by atoms with Crippen LogP contribution in [0.1, 0.15) is 36.6 Å². The second-order valence-corrected chi connectivity index (χ2v) is 9.39. The molecule has 35 heavy (non-hydrogen) atoms. The molecule has 7 nitrogen and oxygen atoms in total. The van der Waals surface area contributed by atoms with Crippen molar-refractivity contribution in [3.63, 3.8) is 0 Å². The second-order valence-electron chi connectivity index (χ2n) is 9.39. The summed E-state index contributed by atoms with van der Waals surface area (Å²) in [6.07, 6.45) is 0.279. The zero-order valence-corrected chi connectivity index (χ0v) is 19.4. The maximum atomic E-state index is 9.55. The van der Waals surface area contributed by atoms with Crippen molar-refractivity contribution in [2.75, 3.05) is 6.61 Å². The highest BCUT2D eigenvalue weighted by Gasteiger charge is 2.41. The molecule has 1 heterocycles. The molecule has 0 saturated heterocycles. The average molecular weight is 453 g/mol. The zero-order chi connectivity index (χ0) is 25.6. The number of rotatable bonds is 7. The molecule has 4 rings (SSSR count). The van der Waals surface area contributed by atoms with E-state index in [1.54, 1.807) is 32.0 Å². The Morgan fingerprint density at radius 2 is 2.00 bits per heavy atom. The molecule has 0 amide bonds. The summed E-state index contributed by atoms with van der Waals surface area (Å²) in [7, 11) is 30.4. The molecule has 164 valence electrons. The molecule has 12 heteroatoms. The third kappa shape index (κ3) is 5.22. The Kier molecular flexibility index (Phi) is 6.46. The minimum absolute atomic E-state index is 0.218. The van der Waals surface area contributed by atoms with E-state index < -0.39 is 28.7 Å². The molecule has 2 aromatic carbocycles. The van der Waals surface area contributed by atoms with E-state index in [1.165, 1.54) is 0 Å². The summed E-state index contributed by atoms with van der Waals surface area (Å²) in [5.74, 6) is 0.892. The van der Waals surface area contributed by atoms with Crippen LogP contribution >= 0.6 is 0 Å². The number of aromatic nitrogens is 2. The Labute approximate surface area is 211 Å². The van der Waals surface area contributed by atoms with Gasteiger partial charge in [0.2, 0.25) is 5.82 Å². The number of nitrogens with one attached hydrogen (secondary N) is 1. The lowest BCUT2D eigenvalue weighted by atomic mass is 9.49. The SMILES string of the molecule is [B]C([B])(CO)N[C@@H]1c2cccc(-c3noc(-c4ccc(OC([B])(C)C)c(C#N)c4)n3)c2CC1([B])[B]. The highest BCUT2D eigenvalue weighted by molar-refractivity contribution is 6.42. The van der Waals surface area contributed by atoms with E-state index in [4.69, 9.17) is 48.5 Å². The van der Waals surface area contributed by atoms with Gasteiger partial charge in [0.1, 0.15) is 19.7 Å². The minimum Gasteiger partial charge on any atom is -0.497 e. The molecule has 2 N–H and O–H groups in total. The smallest absolute Gasteiger partial charge is 0.258 e. The summed E-state index contributed by atoms with van der Waals surface area (Å²) in [6.45, 7) is 2.86. The Morgan fingerprint density at radius 1 is 1.26 bits per heavy atom. The number of hydrogen-bond acceptors (Lipinski definition) is 7. The molecule has 0 saturated carbocycles. The Hall–Kier alpha value is -2.89. The van der Waals surface area contributed by atoms with E-state index in [-0.39, 0.29) is 17.9 Å².